The Morgan fingerprint density at radius 1 is 1.40 bits per heavy atom. The zero-order valence-electron chi connectivity index (χ0n) is 12.6. The van der Waals surface area contributed by atoms with Gasteiger partial charge in [-0.1, -0.05) is 26.0 Å². The van der Waals surface area contributed by atoms with Gasteiger partial charge in [-0.05, 0) is 48.8 Å². The maximum atomic E-state index is 11.4. The number of carbonyl (C=O) groups is 1. The molecule has 0 aliphatic heterocycles. The molecule has 1 aromatic rings. The van der Waals surface area contributed by atoms with Crippen LogP contribution in [0.2, 0.25) is 0 Å². The summed E-state index contributed by atoms with van der Waals surface area (Å²) in [5.41, 5.74) is 1.11. The lowest BCUT2D eigenvalue weighted by Crippen LogP contribution is -2.26. The third-order valence-corrected chi connectivity index (χ3v) is 4.00. The highest BCUT2D eigenvalue weighted by molar-refractivity contribution is 5.72. The van der Waals surface area contributed by atoms with Gasteiger partial charge in [-0.3, -0.25) is 4.79 Å². The Balaban J connectivity index is 1.85. The van der Waals surface area contributed by atoms with E-state index in [1.165, 1.54) is 20.0 Å². The van der Waals surface area contributed by atoms with Crippen LogP contribution in [0.4, 0.5) is 0 Å². The highest BCUT2D eigenvalue weighted by atomic mass is 16.5. The zero-order valence-corrected chi connectivity index (χ0v) is 12.6. The molecule has 0 aromatic heterocycles. The highest BCUT2D eigenvalue weighted by Crippen LogP contribution is 2.33. The van der Waals surface area contributed by atoms with Crippen molar-refractivity contribution in [3.8, 4) is 5.75 Å². The number of carbonyl (C=O) groups excluding carboxylic acids is 1. The van der Waals surface area contributed by atoms with Crippen molar-refractivity contribution >= 4 is 5.97 Å². The second-order valence-corrected chi connectivity index (χ2v) is 6.03. The molecular weight excluding hydrogens is 252 g/mol. The van der Waals surface area contributed by atoms with Gasteiger partial charge in [0.1, 0.15) is 5.75 Å². The van der Waals surface area contributed by atoms with Crippen molar-refractivity contribution in [2.75, 3.05) is 13.7 Å². The number of hydrogen-bond acceptors (Lipinski definition) is 3. The Kier molecular flexibility index (Phi) is 5.05. The quantitative estimate of drug-likeness (QED) is 0.746. The predicted octanol–water partition coefficient (Wildman–Crippen LogP) is 3.46. The minimum Gasteiger partial charge on any atom is -0.493 e. The summed E-state index contributed by atoms with van der Waals surface area (Å²) in [5.74, 6) is 2.18. The first-order valence-electron chi connectivity index (χ1n) is 7.38. The first-order valence-corrected chi connectivity index (χ1v) is 7.38. The predicted molar refractivity (Wildman–Crippen MR) is 78.7 cm³/mol. The molecule has 1 aromatic carbocycles. The molecule has 2 rings (SSSR count). The van der Waals surface area contributed by atoms with Crippen LogP contribution < -0.4 is 4.74 Å². The van der Waals surface area contributed by atoms with Crippen molar-refractivity contribution in [1.82, 2.24) is 0 Å². The van der Waals surface area contributed by atoms with Gasteiger partial charge in [0.25, 0.3) is 0 Å². The van der Waals surface area contributed by atoms with Gasteiger partial charge >= 0.3 is 5.97 Å². The minimum atomic E-state index is -0.167. The second-order valence-electron chi connectivity index (χ2n) is 6.03. The summed E-state index contributed by atoms with van der Waals surface area (Å²) < 4.78 is 10.6. The molecule has 3 nitrogen and oxygen atoms in total. The summed E-state index contributed by atoms with van der Waals surface area (Å²) in [6, 6.07) is 8.02. The molecule has 0 heterocycles. The molecule has 1 atom stereocenters. The number of hydrogen-bond donors (Lipinski definition) is 0. The standard InChI is InChI=1S/C17H24O3/c1-12-7-15(8-12)11-20-16-6-4-5-14(10-16)9-13(2)17(18)19-3/h4-6,10,12-13,15H,7-9,11H2,1-3H3. The van der Waals surface area contributed by atoms with Crippen LogP contribution in [0.5, 0.6) is 5.75 Å². The van der Waals surface area contributed by atoms with E-state index in [2.05, 4.69) is 6.92 Å². The summed E-state index contributed by atoms with van der Waals surface area (Å²) in [6.07, 6.45) is 3.24. The van der Waals surface area contributed by atoms with E-state index >= 15 is 0 Å². The van der Waals surface area contributed by atoms with Gasteiger partial charge in [0, 0.05) is 0 Å². The van der Waals surface area contributed by atoms with E-state index in [0.717, 1.165) is 23.8 Å². The zero-order chi connectivity index (χ0) is 14.5. The van der Waals surface area contributed by atoms with Crippen molar-refractivity contribution in [2.45, 2.75) is 33.1 Å². The van der Waals surface area contributed by atoms with E-state index in [9.17, 15) is 4.79 Å². The summed E-state index contributed by atoms with van der Waals surface area (Å²) in [5, 5.41) is 0. The van der Waals surface area contributed by atoms with Crippen molar-refractivity contribution in [1.29, 1.82) is 0 Å². The molecule has 1 unspecified atom stereocenters. The monoisotopic (exact) mass is 276 g/mol. The smallest absolute Gasteiger partial charge is 0.308 e. The topological polar surface area (TPSA) is 35.5 Å². The molecule has 0 radical (unpaired) electrons. The minimum absolute atomic E-state index is 0.122. The lowest BCUT2D eigenvalue weighted by atomic mass is 9.77. The fraction of sp³-hybridized carbons (Fsp3) is 0.588. The van der Waals surface area contributed by atoms with Crippen LogP contribution in [0.1, 0.15) is 32.3 Å². The third kappa shape index (κ3) is 3.99. The Hall–Kier alpha value is -1.51. The first-order chi connectivity index (χ1) is 9.58. The van der Waals surface area contributed by atoms with E-state index in [1.54, 1.807) is 0 Å². The van der Waals surface area contributed by atoms with Gasteiger partial charge < -0.3 is 9.47 Å². The van der Waals surface area contributed by atoms with Crippen LogP contribution in [-0.4, -0.2) is 19.7 Å². The second kappa shape index (κ2) is 6.78. The summed E-state index contributed by atoms with van der Waals surface area (Å²) in [6.45, 7) is 4.97. The van der Waals surface area contributed by atoms with Crippen LogP contribution in [0.25, 0.3) is 0 Å². The molecule has 3 heteroatoms. The number of esters is 1. The molecular formula is C17H24O3. The molecule has 110 valence electrons. The van der Waals surface area contributed by atoms with Crippen LogP contribution in [0.3, 0.4) is 0 Å². The summed E-state index contributed by atoms with van der Waals surface area (Å²) >= 11 is 0. The molecule has 0 saturated heterocycles. The van der Waals surface area contributed by atoms with Crippen molar-refractivity contribution < 1.29 is 14.3 Å². The average molecular weight is 276 g/mol. The van der Waals surface area contributed by atoms with Gasteiger partial charge in [-0.25, -0.2) is 0 Å². The Labute approximate surface area is 121 Å². The third-order valence-electron chi connectivity index (χ3n) is 4.00. The molecule has 20 heavy (non-hydrogen) atoms. The molecule has 0 bridgehead atoms. The SMILES string of the molecule is COC(=O)C(C)Cc1cccc(OCC2CC(C)C2)c1. The van der Waals surface area contributed by atoms with Crippen molar-refractivity contribution in [3.05, 3.63) is 29.8 Å². The van der Waals surface area contributed by atoms with E-state index < -0.39 is 0 Å². The number of methoxy groups -OCH3 is 1. The van der Waals surface area contributed by atoms with E-state index in [-0.39, 0.29) is 11.9 Å². The molecule has 0 amide bonds. The van der Waals surface area contributed by atoms with Gasteiger partial charge in [-0.2, -0.15) is 0 Å². The molecule has 1 aliphatic carbocycles. The molecule has 1 aliphatic rings. The largest absolute Gasteiger partial charge is 0.493 e. The Bertz CT molecular complexity index is 449. The molecule has 0 N–H and O–H groups in total. The van der Waals surface area contributed by atoms with Crippen LogP contribution in [0, 0.1) is 17.8 Å². The number of rotatable bonds is 6. The van der Waals surface area contributed by atoms with Crippen LogP contribution >= 0.6 is 0 Å². The van der Waals surface area contributed by atoms with Gasteiger partial charge in [0.05, 0.1) is 19.6 Å². The number of ether oxygens (including phenoxy) is 2. The molecule has 1 saturated carbocycles. The van der Waals surface area contributed by atoms with Gasteiger partial charge in [0.15, 0.2) is 0 Å². The normalized spacial score (nSPS) is 22.8. The average Bonchev–Trinajstić information content (AvgIpc) is 2.41. The first kappa shape index (κ1) is 14.9. The van der Waals surface area contributed by atoms with Crippen molar-refractivity contribution in [2.24, 2.45) is 17.8 Å². The summed E-state index contributed by atoms with van der Waals surface area (Å²) in [7, 11) is 1.43. The van der Waals surface area contributed by atoms with E-state index in [4.69, 9.17) is 9.47 Å². The maximum Gasteiger partial charge on any atom is 0.308 e. The van der Waals surface area contributed by atoms with Crippen LogP contribution in [0.15, 0.2) is 24.3 Å². The van der Waals surface area contributed by atoms with Crippen LogP contribution in [-0.2, 0) is 16.0 Å². The van der Waals surface area contributed by atoms with Crippen molar-refractivity contribution in [3.63, 3.8) is 0 Å². The Morgan fingerprint density at radius 3 is 2.80 bits per heavy atom. The lowest BCUT2D eigenvalue weighted by Gasteiger charge is -2.32. The Morgan fingerprint density at radius 2 is 2.15 bits per heavy atom. The van der Waals surface area contributed by atoms with Gasteiger partial charge in [0.2, 0.25) is 0 Å². The fourth-order valence-electron chi connectivity index (χ4n) is 2.82. The molecule has 1 fully saturated rings. The fourth-order valence-corrected chi connectivity index (χ4v) is 2.82. The summed E-state index contributed by atoms with van der Waals surface area (Å²) in [4.78, 5) is 11.4. The number of benzene rings is 1. The maximum absolute atomic E-state index is 11.4. The van der Waals surface area contributed by atoms with E-state index in [1.807, 2.05) is 31.2 Å². The van der Waals surface area contributed by atoms with Gasteiger partial charge in [-0.15, -0.1) is 0 Å². The van der Waals surface area contributed by atoms with E-state index in [0.29, 0.717) is 12.3 Å². The highest BCUT2D eigenvalue weighted by Gasteiger charge is 2.25. The molecule has 0 spiro atoms. The lowest BCUT2D eigenvalue weighted by molar-refractivity contribution is -0.144.